The lowest BCUT2D eigenvalue weighted by Crippen LogP contribution is -2.15. The molecule has 0 saturated carbocycles. The fraction of sp³-hybridized carbons (Fsp3) is 0.375. The number of hydrogen-bond donors (Lipinski definition) is 2. The van der Waals surface area contributed by atoms with Gasteiger partial charge < -0.3 is 16.0 Å². The van der Waals surface area contributed by atoms with Crippen molar-refractivity contribution in [3.8, 4) is 0 Å². The van der Waals surface area contributed by atoms with Crippen LogP contribution in [-0.2, 0) is 12.8 Å². The van der Waals surface area contributed by atoms with Crippen molar-refractivity contribution >= 4 is 11.5 Å². The molecule has 19 heavy (non-hydrogen) atoms. The Morgan fingerprint density at radius 2 is 1.74 bits per heavy atom. The SMILES string of the molecule is CC(c1ccccc1)n1c(N)c(N)c2c1CCCC2. The first kappa shape index (κ1) is 12.2. The van der Waals surface area contributed by atoms with Crippen molar-refractivity contribution in [3.63, 3.8) is 0 Å². The van der Waals surface area contributed by atoms with Crippen LogP contribution in [0.25, 0.3) is 0 Å². The number of nitrogens with two attached hydrogens (primary N) is 2. The van der Waals surface area contributed by atoms with Crippen LogP contribution in [0.2, 0.25) is 0 Å². The number of rotatable bonds is 2. The summed E-state index contributed by atoms with van der Waals surface area (Å²) in [6, 6.07) is 10.7. The zero-order valence-corrected chi connectivity index (χ0v) is 11.4. The van der Waals surface area contributed by atoms with Crippen molar-refractivity contribution in [1.82, 2.24) is 4.57 Å². The number of fused-ring (bicyclic) bond motifs is 1. The Bertz CT molecular complexity index is 584. The fourth-order valence-electron chi connectivity index (χ4n) is 3.20. The molecule has 0 radical (unpaired) electrons. The molecule has 4 N–H and O–H groups in total. The van der Waals surface area contributed by atoms with Gasteiger partial charge in [-0.05, 0) is 43.7 Å². The monoisotopic (exact) mass is 255 g/mol. The van der Waals surface area contributed by atoms with Gasteiger partial charge in [0.15, 0.2) is 0 Å². The lowest BCUT2D eigenvalue weighted by atomic mass is 9.96. The number of nitrogen functional groups attached to an aromatic ring is 2. The first-order valence-electron chi connectivity index (χ1n) is 7.02. The molecule has 0 aliphatic heterocycles. The molecule has 3 rings (SSSR count). The largest absolute Gasteiger partial charge is 0.396 e. The minimum Gasteiger partial charge on any atom is -0.396 e. The van der Waals surface area contributed by atoms with E-state index in [0.29, 0.717) is 0 Å². The van der Waals surface area contributed by atoms with Crippen LogP contribution in [0.5, 0.6) is 0 Å². The Kier molecular flexibility index (Phi) is 2.97. The van der Waals surface area contributed by atoms with Gasteiger partial charge in [-0.25, -0.2) is 0 Å². The maximum Gasteiger partial charge on any atom is 0.128 e. The Morgan fingerprint density at radius 3 is 2.47 bits per heavy atom. The molecule has 1 aromatic carbocycles. The van der Waals surface area contributed by atoms with Crippen LogP contribution in [0.15, 0.2) is 30.3 Å². The minimum atomic E-state index is 0.241. The van der Waals surface area contributed by atoms with E-state index in [9.17, 15) is 0 Å². The molecule has 1 unspecified atom stereocenters. The smallest absolute Gasteiger partial charge is 0.128 e. The maximum absolute atomic E-state index is 6.26. The van der Waals surface area contributed by atoms with E-state index in [1.54, 1.807) is 0 Å². The molecular formula is C16H21N3. The van der Waals surface area contributed by atoms with E-state index >= 15 is 0 Å². The average Bonchev–Trinajstić information content (AvgIpc) is 2.72. The van der Waals surface area contributed by atoms with Gasteiger partial charge in [0.2, 0.25) is 0 Å². The predicted octanol–water partition coefficient (Wildman–Crippen LogP) is 3.14. The highest BCUT2D eigenvalue weighted by molar-refractivity contribution is 5.69. The van der Waals surface area contributed by atoms with Gasteiger partial charge in [0.05, 0.1) is 11.7 Å². The summed E-state index contributed by atoms with van der Waals surface area (Å²) in [4.78, 5) is 0. The summed E-state index contributed by atoms with van der Waals surface area (Å²) in [6.07, 6.45) is 4.62. The van der Waals surface area contributed by atoms with Crippen LogP contribution in [0.3, 0.4) is 0 Å². The van der Waals surface area contributed by atoms with E-state index in [-0.39, 0.29) is 6.04 Å². The number of nitrogens with zero attached hydrogens (tertiary/aromatic N) is 1. The zero-order chi connectivity index (χ0) is 13.4. The summed E-state index contributed by atoms with van der Waals surface area (Å²) in [7, 11) is 0. The van der Waals surface area contributed by atoms with E-state index in [0.717, 1.165) is 24.3 Å². The van der Waals surface area contributed by atoms with Crippen LogP contribution >= 0.6 is 0 Å². The second-order valence-electron chi connectivity index (χ2n) is 5.39. The zero-order valence-electron chi connectivity index (χ0n) is 11.4. The van der Waals surface area contributed by atoms with Gasteiger partial charge in [0.25, 0.3) is 0 Å². The Labute approximate surface area is 114 Å². The highest BCUT2D eigenvalue weighted by Gasteiger charge is 2.24. The van der Waals surface area contributed by atoms with Crippen LogP contribution in [-0.4, -0.2) is 4.57 Å². The van der Waals surface area contributed by atoms with Crippen molar-refractivity contribution in [2.24, 2.45) is 0 Å². The van der Waals surface area contributed by atoms with Crippen LogP contribution in [0.1, 0.15) is 42.6 Å². The Balaban J connectivity index is 2.10. The quantitative estimate of drug-likeness (QED) is 0.866. The van der Waals surface area contributed by atoms with Gasteiger partial charge >= 0.3 is 0 Å². The molecule has 3 nitrogen and oxygen atoms in total. The molecule has 0 bridgehead atoms. The van der Waals surface area contributed by atoms with Gasteiger partial charge in [-0.1, -0.05) is 30.3 Å². The number of aromatic nitrogens is 1. The molecule has 3 heteroatoms. The summed E-state index contributed by atoms with van der Waals surface area (Å²) in [5.41, 5.74) is 17.2. The molecule has 2 aromatic rings. The van der Waals surface area contributed by atoms with E-state index in [2.05, 4.69) is 35.8 Å². The normalized spacial score (nSPS) is 16.1. The summed E-state index contributed by atoms with van der Waals surface area (Å²) in [6.45, 7) is 2.19. The average molecular weight is 255 g/mol. The Hall–Kier alpha value is -1.90. The van der Waals surface area contributed by atoms with Gasteiger partial charge in [-0.3, -0.25) is 0 Å². The fourth-order valence-corrected chi connectivity index (χ4v) is 3.20. The lowest BCUT2D eigenvalue weighted by Gasteiger charge is -2.22. The van der Waals surface area contributed by atoms with E-state index in [4.69, 9.17) is 11.5 Å². The second-order valence-corrected chi connectivity index (χ2v) is 5.39. The standard InChI is InChI=1S/C16H21N3/c1-11(12-7-3-2-4-8-12)19-14-10-6-5-9-13(14)15(17)16(19)18/h2-4,7-8,11H,5-6,9-10,17-18H2,1H3. The van der Waals surface area contributed by atoms with Gasteiger partial charge in [0, 0.05) is 5.69 Å². The predicted molar refractivity (Wildman–Crippen MR) is 80.2 cm³/mol. The molecule has 1 aromatic heterocycles. The van der Waals surface area contributed by atoms with Crippen LogP contribution in [0, 0.1) is 0 Å². The number of anilines is 2. The highest BCUT2D eigenvalue weighted by Crippen LogP contribution is 2.37. The van der Waals surface area contributed by atoms with Gasteiger partial charge in [0.1, 0.15) is 5.82 Å². The molecule has 1 heterocycles. The maximum atomic E-state index is 6.26. The molecule has 1 atom stereocenters. The summed E-state index contributed by atoms with van der Waals surface area (Å²) in [5, 5.41) is 0. The molecule has 100 valence electrons. The van der Waals surface area contributed by atoms with Crippen molar-refractivity contribution < 1.29 is 0 Å². The molecule has 1 aliphatic rings. The first-order chi connectivity index (χ1) is 9.20. The molecule has 1 aliphatic carbocycles. The van der Waals surface area contributed by atoms with Gasteiger partial charge in [-0.2, -0.15) is 0 Å². The molecule has 0 fully saturated rings. The third-order valence-electron chi connectivity index (χ3n) is 4.26. The number of hydrogen-bond acceptors (Lipinski definition) is 2. The molecule has 0 spiro atoms. The van der Waals surface area contributed by atoms with E-state index < -0.39 is 0 Å². The van der Waals surface area contributed by atoms with Gasteiger partial charge in [-0.15, -0.1) is 0 Å². The van der Waals surface area contributed by atoms with Crippen molar-refractivity contribution in [3.05, 3.63) is 47.2 Å². The molecule has 0 amide bonds. The topological polar surface area (TPSA) is 57.0 Å². The third kappa shape index (κ3) is 1.89. The third-order valence-corrected chi connectivity index (χ3v) is 4.26. The molecular weight excluding hydrogens is 234 g/mol. The second kappa shape index (κ2) is 4.65. The number of benzene rings is 1. The Morgan fingerprint density at radius 1 is 1.05 bits per heavy atom. The first-order valence-corrected chi connectivity index (χ1v) is 7.02. The van der Waals surface area contributed by atoms with Crippen LogP contribution < -0.4 is 11.5 Å². The lowest BCUT2D eigenvalue weighted by molar-refractivity contribution is 0.577. The van der Waals surface area contributed by atoms with E-state index in [1.807, 2.05) is 6.07 Å². The highest BCUT2D eigenvalue weighted by atomic mass is 15.1. The minimum absolute atomic E-state index is 0.241. The summed E-state index contributed by atoms with van der Waals surface area (Å²) < 4.78 is 2.24. The van der Waals surface area contributed by atoms with Crippen molar-refractivity contribution in [1.29, 1.82) is 0 Å². The van der Waals surface area contributed by atoms with Crippen molar-refractivity contribution in [2.45, 2.75) is 38.6 Å². The summed E-state index contributed by atoms with van der Waals surface area (Å²) in [5.74, 6) is 0.739. The van der Waals surface area contributed by atoms with Crippen LogP contribution in [0.4, 0.5) is 11.5 Å². The summed E-state index contributed by atoms with van der Waals surface area (Å²) >= 11 is 0. The van der Waals surface area contributed by atoms with E-state index in [1.165, 1.54) is 29.7 Å². The molecule has 0 saturated heterocycles. The van der Waals surface area contributed by atoms with Crippen molar-refractivity contribution in [2.75, 3.05) is 11.5 Å².